The van der Waals surface area contributed by atoms with Crippen molar-refractivity contribution in [1.82, 2.24) is 4.98 Å². The zero-order valence-electron chi connectivity index (χ0n) is 3.60. The molecule has 1 aromatic rings. The number of oxazole rings is 1. The maximum atomic E-state index is 5.18. The fourth-order valence-electron chi connectivity index (χ4n) is 0.206. The molecule has 0 fully saturated rings. The minimum Gasteiger partial charge on any atom is -0.436 e. The Morgan fingerprint density at radius 1 is 1.71 bits per heavy atom. The minimum absolute atomic E-state index is 0. The van der Waals surface area contributed by atoms with Crippen molar-refractivity contribution in [2.45, 2.75) is 0 Å². The monoisotopic (exact) mass is 167 g/mol. The molecule has 0 saturated heterocycles. The molecular weight excluding hydrogens is 167 g/mol. The zero-order valence-corrected chi connectivity index (χ0v) is 7.32. The first kappa shape index (κ1) is 7.12. The van der Waals surface area contributed by atoms with Gasteiger partial charge in [-0.05, 0) is 11.6 Å². The van der Waals surface area contributed by atoms with E-state index >= 15 is 0 Å². The summed E-state index contributed by atoms with van der Waals surface area (Å²) in [4.78, 5) is 3.52. The molecule has 1 rings (SSSR count). The van der Waals surface area contributed by atoms with E-state index in [0.29, 0.717) is 0 Å². The average molecular weight is 169 g/mol. The van der Waals surface area contributed by atoms with Gasteiger partial charge < -0.3 is 4.42 Å². The van der Waals surface area contributed by atoms with Gasteiger partial charge in [-0.2, -0.15) is 0 Å². The standard InChI is InChI=1S/C3H2ClNO.Zn/c4-3-5-1-2-6-3;/h1-2H;. The van der Waals surface area contributed by atoms with Crippen LogP contribution in [0.3, 0.4) is 0 Å². The minimum atomic E-state index is 0. The summed E-state index contributed by atoms with van der Waals surface area (Å²) >= 11 is 5.18. The summed E-state index contributed by atoms with van der Waals surface area (Å²) in [5.74, 6) is 0. The Morgan fingerprint density at radius 2 is 2.43 bits per heavy atom. The zero-order chi connectivity index (χ0) is 4.41. The van der Waals surface area contributed by atoms with Crippen molar-refractivity contribution < 1.29 is 23.9 Å². The van der Waals surface area contributed by atoms with E-state index < -0.39 is 0 Å². The predicted octanol–water partition coefficient (Wildman–Crippen LogP) is 1.33. The van der Waals surface area contributed by atoms with E-state index in [1.54, 1.807) is 0 Å². The van der Waals surface area contributed by atoms with Crippen LogP contribution in [0.1, 0.15) is 0 Å². The second-order valence-electron chi connectivity index (χ2n) is 0.785. The molecule has 0 atom stereocenters. The molecule has 0 radical (unpaired) electrons. The first-order valence-electron chi connectivity index (χ1n) is 1.44. The number of rotatable bonds is 0. The van der Waals surface area contributed by atoms with Crippen molar-refractivity contribution in [2.24, 2.45) is 0 Å². The van der Waals surface area contributed by atoms with Crippen molar-refractivity contribution >= 4 is 11.6 Å². The molecule has 4 heteroatoms. The van der Waals surface area contributed by atoms with Crippen LogP contribution in [0.2, 0.25) is 5.35 Å². The van der Waals surface area contributed by atoms with Gasteiger partial charge in [0, 0.05) is 19.5 Å². The largest absolute Gasteiger partial charge is 0.436 e. The maximum Gasteiger partial charge on any atom is 0.291 e. The Hall–Kier alpha value is 0.123. The topological polar surface area (TPSA) is 26.0 Å². The van der Waals surface area contributed by atoms with E-state index in [2.05, 4.69) is 9.40 Å². The summed E-state index contributed by atoms with van der Waals surface area (Å²) in [6.07, 6.45) is 2.91. The van der Waals surface area contributed by atoms with Crippen LogP contribution in [0.5, 0.6) is 0 Å². The van der Waals surface area contributed by atoms with Crippen LogP contribution in [0.15, 0.2) is 16.9 Å². The summed E-state index contributed by atoms with van der Waals surface area (Å²) < 4.78 is 4.49. The molecule has 0 amide bonds. The Bertz CT molecular complexity index is 118. The molecule has 1 aromatic heterocycles. The molecule has 0 N–H and O–H groups in total. The van der Waals surface area contributed by atoms with Gasteiger partial charge in [0.15, 0.2) is 0 Å². The molecule has 0 spiro atoms. The molecular formula is C3H2ClNOZn. The SMILES string of the molecule is Clc1ncco1.[Zn]. The summed E-state index contributed by atoms with van der Waals surface area (Å²) in [6.45, 7) is 0. The fraction of sp³-hybridized carbons (Fsp3) is 0. The number of aromatic nitrogens is 1. The molecule has 0 aromatic carbocycles. The van der Waals surface area contributed by atoms with Gasteiger partial charge >= 0.3 is 0 Å². The number of hydrogen-bond donors (Lipinski definition) is 0. The van der Waals surface area contributed by atoms with Crippen LogP contribution in [-0.4, -0.2) is 4.98 Å². The molecule has 7 heavy (non-hydrogen) atoms. The number of nitrogens with zero attached hydrogens (tertiary/aromatic N) is 1. The van der Waals surface area contributed by atoms with Crippen LogP contribution in [0, 0.1) is 0 Å². The Balaban J connectivity index is 0.000000360. The summed E-state index contributed by atoms with van der Waals surface area (Å²) in [5, 5.41) is 0.190. The van der Waals surface area contributed by atoms with Gasteiger partial charge in [0.25, 0.3) is 5.35 Å². The third-order valence-corrected chi connectivity index (χ3v) is 0.589. The Labute approximate surface area is 58.6 Å². The second kappa shape index (κ2) is 3.17. The summed E-state index contributed by atoms with van der Waals surface area (Å²) in [5.41, 5.74) is 0. The van der Waals surface area contributed by atoms with E-state index in [-0.39, 0.29) is 24.8 Å². The van der Waals surface area contributed by atoms with Crippen molar-refractivity contribution in [3.63, 3.8) is 0 Å². The van der Waals surface area contributed by atoms with E-state index in [0.717, 1.165) is 0 Å². The average Bonchev–Trinajstić information content (AvgIpc) is 1.86. The molecule has 0 unspecified atom stereocenters. The molecule has 0 bridgehead atoms. The third kappa shape index (κ3) is 2.05. The molecule has 0 saturated carbocycles. The van der Waals surface area contributed by atoms with Crippen molar-refractivity contribution in [2.75, 3.05) is 0 Å². The van der Waals surface area contributed by atoms with Crippen LogP contribution in [0.4, 0.5) is 0 Å². The van der Waals surface area contributed by atoms with Crippen LogP contribution in [-0.2, 0) is 19.5 Å². The van der Waals surface area contributed by atoms with Gasteiger partial charge in [-0.1, -0.05) is 0 Å². The Morgan fingerprint density at radius 3 is 2.57 bits per heavy atom. The summed E-state index contributed by atoms with van der Waals surface area (Å²) in [6, 6.07) is 0. The van der Waals surface area contributed by atoms with Gasteiger partial charge in [-0.25, -0.2) is 4.98 Å². The third-order valence-electron chi connectivity index (χ3n) is 0.402. The maximum absolute atomic E-state index is 5.18. The first-order valence-corrected chi connectivity index (χ1v) is 1.82. The summed E-state index contributed by atoms with van der Waals surface area (Å²) in [7, 11) is 0. The normalized spacial score (nSPS) is 7.57. The van der Waals surface area contributed by atoms with Crippen molar-refractivity contribution in [3.8, 4) is 0 Å². The molecule has 34 valence electrons. The number of halogens is 1. The van der Waals surface area contributed by atoms with Crippen molar-refractivity contribution in [1.29, 1.82) is 0 Å². The smallest absolute Gasteiger partial charge is 0.291 e. The first-order chi connectivity index (χ1) is 2.89. The number of hydrogen-bond acceptors (Lipinski definition) is 2. The van der Waals surface area contributed by atoms with Gasteiger partial charge in [0.1, 0.15) is 6.26 Å². The van der Waals surface area contributed by atoms with Crippen LogP contribution < -0.4 is 0 Å². The van der Waals surface area contributed by atoms with E-state index in [4.69, 9.17) is 11.6 Å². The van der Waals surface area contributed by atoms with Gasteiger partial charge in [0.2, 0.25) is 0 Å². The van der Waals surface area contributed by atoms with E-state index in [1.165, 1.54) is 12.5 Å². The van der Waals surface area contributed by atoms with E-state index in [9.17, 15) is 0 Å². The van der Waals surface area contributed by atoms with Crippen LogP contribution >= 0.6 is 11.6 Å². The molecule has 0 aliphatic rings. The second-order valence-corrected chi connectivity index (χ2v) is 1.11. The predicted molar refractivity (Wildman–Crippen MR) is 21.5 cm³/mol. The molecule has 0 aliphatic carbocycles. The molecule has 1 heterocycles. The van der Waals surface area contributed by atoms with Crippen molar-refractivity contribution in [3.05, 3.63) is 17.8 Å². The fourth-order valence-corrected chi connectivity index (χ4v) is 0.314. The quantitative estimate of drug-likeness (QED) is 0.547. The van der Waals surface area contributed by atoms with Gasteiger partial charge in [-0.3, -0.25) is 0 Å². The molecule has 0 aliphatic heterocycles. The van der Waals surface area contributed by atoms with E-state index in [1.807, 2.05) is 0 Å². The van der Waals surface area contributed by atoms with Gasteiger partial charge in [0.05, 0.1) is 6.20 Å². The van der Waals surface area contributed by atoms with Crippen LogP contribution in [0.25, 0.3) is 0 Å². The molecule has 2 nitrogen and oxygen atoms in total. The van der Waals surface area contributed by atoms with Gasteiger partial charge in [-0.15, -0.1) is 0 Å². The Kier molecular flexibility index (Phi) is 3.22.